The van der Waals surface area contributed by atoms with Gasteiger partial charge in [-0.2, -0.15) is 0 Å². The van der Waals surface area contributed by atoms with Gasteiger partial charge < -0.3 is 9.88 Å². The summed E-state index contributed by atoms with van der Waals surface area (Å²) in [5.74, 6) is -0.105. The molecular formula is C20H21N3O. The van der Waals surface area contributed by atoms with E-state index < -0.39 is 0 Å². The first kappa shape index (κ1) is 16.0. The Bertz CT molecular complexity index is 782. The number of hydrogen-bond acceptors (Lipinski definition) is 2. The van der Waals surface area contributed by atoms with Gasteiger partial charge in [-0.25, -0.2) is 4.98 Å². The van der Waals surface area contributed by atoms with E-state index in [0.717, 1.165) is 29.8 Å². The van der Waals surface area contributed by atoms with E-state index in [1.54, 1.807) is 12.5 Å². The lowest BCUT2D eigenvalue weighted by molar-refractivity contribution is -0.117. The van der Waals surface area contributed by atoms with E-state index >= 15 is 0 Å². The molecule has 0 saturated carbocycles. The number of hydrogen-bond donors (Lipinski definition) is 1. The molecule has 2 aromatic carbocycles. The van der Waals surface area contributed by atoms with Crippen LogP contribution in [0.3, 0.4) is 0 Å². The first-order valence-corrected chi connectivity index (χ1v) is 8.16. The second kappa shape index (κ2) is 7.59. The molecule has 4 nitrogen and oxygen atoms in total. The smallest absolute Gasteiger partial charge is 0.231 e. The van der Waals surface area contributed by atoms with Crippen LogP contribution in [0.5, 0.6) is 0 Å². The van der Waals surface area contributed by atoms with Crippen LogP contribution >= 0.6 is 0 Å². The van der Waals surface area contributed by atoms with Crippen molar-refractivity contribution < 1.29 is 4.79 Å². The Morgan fingerprint density at radius 1 is 1.17 bits per heavy atom. The zero-order valence-electron chi connectivity index (χ0n) is 13.7. The molecule has 1 aromatic heterocycles. The molecule has 0 spiro atoms. The molecule has 1 amide bonds. The number of nitrogens with one attached hydrogen (secondary N) is 1. The van der Waals surface area contributed by atoms with Gasteiger partial charge in [0.15, 0.2) is 0 Å². The maximum Gasteiger partial charge on any atom is 0.231 e. The molecule has 24 heavy (non-hydrogen) atoms. The first-order valence-electron chi connectivity index (χ1n) is 8.16. The van der Waals surface area contributed by atoms with Crippen molar-refractivity contribution in [1.82, 2.24) is 9.55 Å². The molecule has 4 heteroatoms. The van der Waals surface area contributed by atoms with Crippen LogP contribution in [0.25, 0.3) is 0 Å². The average Bonchev–Trinajstić information content (AvgIpc) is 3.10. The summed E-state index contributed by atoms with van der Waals surface area (Å²) in [6, 6.07) is 17.9. The Balaban J connectivity index is 1.72. The lowest BCUT2D eigenvalue weighted by Gasteiger charge is -2.16. The van der Waals surface area contributed by atoms with E-state index in [0.29, 0.717) is 0 Å². The van der Waals surface area contributed by atoms with Crippen LogP contribution in [0.1, 0.15) is 30.4 Å². The molecule has 0 aliphatic heterocycles. The lowest BCUT2D eigenvalue weighted by Crippen LogP contribution is -2.20. The second-order valence-corrected chi connectivity index (χ2v) is 5.80. The summed E-state index contributed by atoms with van der Waals surface area (Å²) >= 11 is 0. The van der Waals surface area contributed by atoms with Gasteiger partial charge >= 0.3 is 0 Å². The molecule has 122 valence electrons. The molecule has 3 rings (SSSR count). The summed E-state index contributed by atoms with van der Waals surface area (Å²) < 4.78 is 2.00. The van der Waals surface area contributed by atoms with Gasteiger partial charge in [0.2, 0.25) is 5.91 Å². The minimum Gasteiger partial charge on any atom is -0.333 e. The zero-order chi connectivity index (χ0) is 16.8. The fourth-order valence-corrected chi connectivity index (χ4v) is 2.83. The van der Waals surface area contributed by atoms with Crippen molar-refractivity contribution in [1.29, 1.82) is 0 Å². The van der Waals surface area contributed by atoms with Crippen LogP contribution in [0.4, 0.5) is 5.69 Å². The fourth-order valence-electron chi connectivity index (χ4n) is 2.83. The number of anilines is 1. The van der Waals surface area contributed by atoms with Crippen molar-refractivity contribution in [2.24, 2.45) is 0 Å². The largest absolute Gasteiger partial charge is 0.333 e. The van der Waals surface area contributed by atoms with Crippen LogP contribution < -0.4 is 5.32 Å². The summed E-state index contributed by atoms with van der Waals surface area (Å²) in [6.07, 6.45) is 6.24. The molecule has 0 unspecified atom stereocenters. The van der Waals surface area contributed by atoms with Crippen molar-refractivity contribution in [3.63, 3.8) is 0 Å². The van der Waals surface area contributed by atoms with Gasteiger partial charge in [-0.15, -0.1) is 0 Å². The molecule has 3 aromatic rings. The Labute approximate surface area is 142 Å². The van der Waals surface area contributed by atoms with E-state index in [4.69, 9.17) is 0 Å². The van der Waals surface area contributed by atoms with E-state index in [1.165, 1.54) is 0 Å². The van der Waals surface area contributed by atoms with Gasteiger partial charge in [0.25, 0.3) is 0 Å². The average molecular weight is 319 g/mol. The van der Waals surface area contributed by atoms with Gasteiger partial charge in [-0.3, -0.25) is 4.79 Å². The summed E-state index contributed by atoms with van der Waals surface area (Å²) in [7, 11) is 0. The molecule has 0 bridgehead atoms. The zero-order valence-corrected chi connectivity index (χ0v) is 13.7. The van der Waals surface area contributed by atoms with Gasteiger partial charge in [0.1, 0.15) is 0 Å². The molecule has 0 fully saturated rings. The van der Waals surface area contributed by atoms with Crippen molar-refractivity contribution in [3.05, 3.63) is 84.4 Å². The van der Waals surface area contributed by atoms with Crippen LogP contribution in [0, 0.1) is 0 Å². The third-order valence-corrected chi connectivity index (χ3v) is 4.05. The number of carbonyl (C=O) groups excluding carboxylic acids is 1. The van der Waals surface area contributed by atoms with E-state index in [9.17, 15) is 4.79 Å². The highest BCUT2D eigenvalue weighted by Gasteiger charge is 2.18. The molecule has 0 saturated heterocycles. The minimum absolute atomic E-state index is 0.0310. The highest BCUT2D eigenvalue weighted by Crippen LogP contribution is 2.22. The number of carbonyl (C=O) groups is 1. The Morgan fingerprint density at radius 3 is 2.71 bits per heavy atom. The Hall–Kier alpha value is -2.88. The second-order valence-electron chi connectivity index (χ2n) is 5.80. The molecule has 1 heterocycles. The van der Waals surface area contributed by atoms with Crippen LogP contribution in [-0.4, -0.2) is 15.5 Å². The summed E-state index contributed by atoms with van der Waals surface area (Å²) in [4.78, 5) is 16.7. The minimum atomic E-state index is -0.136. The summed E-state index contributed by atoms with van der Waals surface area (Å²) in [6.45, 7) is 2.77. The highest BCUT2D eigenvalue weighted by molar-refractivity contribution is 5.95. The van der Waals surface area contributed by atoms with Crippen molar-refractivity contribution >= 4 is 11.6 Å². The predicted molar refractivity (Wildman–Crippen MR) is 95.9 cm³/mol. The number of aromatic nitrogens is 2. The fraction of sp³-hybridized carbons (Fsp3) is 0.200. The van der Waals surface area contributed by atoms with Crippen LogP contribution in [0.2, 0.25) is 0 Å². The lowest BCUT2D eigenvalue weighted by atomic mass is 9.95. The monoisotopic (exact) mass is 319 g/mol. The molecular weight excluding hydrogens is 298 g/mol. The third kappa shape index (κ3) is 3.90. The molecule has 0 aliphatic rings. The first-order chi connectivity index (χ1) is 11.8. The molecule has 0 aliphatic carbocycles. The topological polar surface area (TPSA) is 46.9 Å². The number of benzene rings is 2. The number of nitrogens with zero attached hydrogens (tertiary/aromatic N) is 2. The maximum absolute atomic E-state index is 12.6. The molecule has 0 radical (unpaired) electrons. The van der Waals surface area contributed by atoms with E-state index in [1.807, 2.05) is 72.3 Å². The highest BCUT2D eigenvalue weighted by atomic mass is 16.1. The van der Waals surface area contributed by atoms with E-state index in [2.05, 4.69) is 10.3 Å². The number of imidazole rings is 1. The van der Waals surface area contributed by atoms with Crippen molar-refractivity contribution in [2.45, 2.75) is 25.8 Å². The standard InChI is InChI=1S/C20H21N3O/c1-2-19(17-8-4-3-5-9-17)20(24)22-18-10-6-7-16(13-18)14-23-12-11-21-15-23/h3-13,15,19H,2,14H2,1H3,(H,22,24)/t19-/m1/s1. The summed E-state index contributed by atoms with van der Waals surface area (Å²) in [5.41, 5.74) is 3.00. The quantitative estimate of drug-likeness (QED) is 0.744. The van der Waals surface area contributed by atoms with Gasteiger partial charge in [0, 0.05) is 24.6 Å². The van der Waals surface area contributed by atoms with Gasteiger partial charge in [0.05, 0.1) is 12.2 Å². The normalized spacial score (nSPS) is 11.9. The van der Waals surface area contributed by atoms with Gasteiger partial charge in [-0.1, -0.05) is 49.4 Å². The number of amides is 1. The van der Waals surface area contributed by atoms with Crippen molar-refractivity contribution in [3.8, 4) is 0 Å². The Kier molecular flexibility index (Phi) is 5.06. The van der Waals surface area contributed by atoms with Crippen LogP contribution in [-0.2, 0) is 11.3 Å². The van der Waals surface area contributed by atoms with Crippen molar-refractivity contribution in [2.75, 3.05) is 5.32 Å². The number of rotatable bonds is 6. The SMILES string of the molecule is CC[C@@H](C(=O)Nc1cccc(Cn2ccnc2)c1)c1ccccc1. The summed E-state index contributed by atoms with van der Waals surface area (Å²) in [5, 5.41) is 3.05. The Morgan fingerprint density at radius 2 is 2.00 bits per heavy atom. The van der Waals surface area contributed by atoms with Gasteiger partial charge in [-0.05, 0) is 29.7 Å². The van der Waals surface area contributed by atoms with Crippen LogP contribution in [0.15, 0.2) is 73.3 Å². The van der Waals surface area contributed by atoms with E-state index in [-0.39, 0.29) is 11.8 Å². The molecule has 1 N–H and O–H groups in total. The molecule has 1 atom stereocenters. The predicted octanol–water partition coefficient (Wildman–Crippen LogP) is 4.06. The maximum atomic E-state index is 12.6. The third-order valence-electron chi connectivity index (χ3n) is 4.05.